The maximum absolute atomic E-state index is 12.9. The summed E-state index contributed by atoms with van der Waals surface area (Å²) in [7, 11) is 0. The molecule has 0 saturated carbocycles. The molecule has 2 aliphatic heterocycles. The van der Waals surface area contributed by atoms with E-state index in [9.17, 15) is 4.79 Å². The number of ether oxygens (including phenoxy) is 1. The van der Waals surface area contributed by atoms with E-state index in [-0.39, 0.29) is 16.9 Å². The fraction of sp³-hybridized carbons (Fsp3) is 0.368. The van der Waals surface area contributed by atoms with E-state index in [4.69, 9.17) is 9.73 Å². The van der Waals surface area contributed by atoms with Crippen molar-refractivity contribution in [2.75, 3.05) is 13.2 Å². The molecule has 4 heterocycles. The molecular weight excluding hydrogens is 362 g/mol. The Balaban J connectivity index is 1.68. The van der Waals surface area contributed by atoms with Gasteiger partial charge in [-0.2, -0.15) is 0 Å². The van der Waals surface area contributed by atoms with Gasteiger partial charge in [0, 0.05) is 25.6 Å². The first-order chi connectivity index (χ1) is 13.2. The fourth-order valence-electron chi connectivity index (χ4n) is 3.86. The lowest BCUT2D eigenvalue weighted by molar-refractivity contribution is 0.0666. The van der Waals surface area contributed by atoms with Gasteiger partial charge in [-0.05, 0) is 31.4 Å². The lowest BCUT2D eigenvalue weighted by atomic mass is 10.0. The standard InChI is InChI=1S/C19H19N5O2S/c1-11-22-18-15(19(25)23-24(18)12-5-9-26-10-6-12)17(27-11)13-3-2-4-14-16(13)21-8-7-20-14/h2-4,7-8,12,17H,5-6,9-10H2,1H3,(H,23,25). The van der Waals surface area contributed by atoms with Crippen molar-refractivity contribution in [1.82, 2.24) is 19.7 Å². The lowest BCUT2D eigenvalue weighted by Gasteiger charge is -2.26. The number of fused-ring (bicyclic) bond motifs is 2. The smallest absolute Gasteiger partial charge is 0.271 e. The molecule has 1 atom stereocenters. The SMILES string of the molecule is CC1=Nc2c(c(=O)[nH]n2C2CCOCC2)C(c2cccc3nccnc23)S1. The van der Waals surface area contributed by atoms with Gasteiger partial charge in [-0.25, -0.2) is 4.99 Å². The number of benzene rings is 1. The van der Waals surface area contributed by atoms with Crippen LogP contribution < -0.4 is 5.56 Å². The van der Waals surface area contributed by atoms with E-state index >= 15 is 0 Å². The minimum Gasteiger partial charge on any atom is -0.381 e. The number of rotatable bonds is 2. The number of nitrogens with one attached hydrogen (secondary N) is 1. The van der Waals surface area contributed by atoms with Crippen LogP contribution in [0.5, 0.6) is 0 Å². The second-order valence-corrected chi connectivity index (χ2v) is 8.09. The molecular formula is C19H19N5O2S. The maximum Gasteiger partial charge on any atom is 0.271 e. The molecule has 1 aromatic carbocycles. The van der Waals surface area contributed by atoms with Gasteiger partial charge in [-0.1, -0.05) is 23.9 Å². The molecule has 2 aromatic heterocycles. The van der Waals surface area contributed by atoms with Crippen molar-refractivity contribution in [3.05, 3.63) is 52.1 Å². The normalized spacial score (nSPS) is 20.5. The Morgan fingerprint density at radius 2 is 2.04 bits per heavy atom. The summed E-state index contributed by atoms with van der Waals surface area (Å²) >= 11 is 1.60. The molecule has 1 saturated heterocycles. The molecule has 2 aliphatic rings. The number of H-pyrrole nitrogens is 1. The summed E-state index contributed by atoms with van der Waals surface area (Å²) in [4.78, 5) is 26.6. The zero-order valence-electron chi connectivity index (χ0n) is 14.9. The van der Waals surface area contributed by atoms with Gasteiger partial charge in [0.15, 0.2) is 5.82 Å². The minimum absolute atomic E-state index is 0.0777. The minimum atomic E-state index is -0.150. The second-order valence-electron chi connectivity index (χ2n) is 6.79. The van der Waals surface area contributed by atoms with Gasteiger partial charge in [-0.15, -0.1) is 0 Å². The zero-order chi connectivity index (χ0) is 18.4. The van der Waals surface area contributed by atoms with Gasteiger partial charge in [-0.3, -0.25) is 24.5 Å². The number of aliphatic imine (C=N–C) groups is 1. The van der Waals surface area contributed by atoms with E-state index in [0.717, 1.165) is 40.3 Å². The zero-order valence-corrected chi connectivity index (χ0v) is 15.7. The van der Waals surface area contributed by atoms with Crippen molar-refractivity contribution in [1.29, 1.82) is 0 Å². The van der Waals surface area contributed by atoms with Crippen LogP contribution in [-0.2, 0) is 4.74 Å². The average Bonchev–Trinajstić information content (AvgIpc) is 3.04. The van der Waals surface area contributed by atoms with Crippen molar-refractivity contribution in [2.45, 2.75) is 31.1 Å². The summed E-state index contributed by atoms with van der Waals surface area (Å²) in [5, 5.41) is 3.83. The quantitative estimate of drug-likeness (QED) is 0.736. The van der Waals surface area contributed by atoms with E-state index in [2.05, 4.69) is 15.1 Å². The maximum atomic E-state index is 12.9. The molecule has 5 rings (SSSR count). The van der Waals surface area contributed by atoms with Crippen molar-refractivity contribution < 1.29 is 4.74 Å². The molecule has 8 heteroatoms. The fourth-order valence-corrected chi connectivity index (χ4v) is 4.99. The predicted octanol–water partition coefficient (Wildman–Crippen LogP) is 3.36. The second kappa shape index (κ2) is 6.61. The highest BCUT2D eigenvalue weighted by atomic mass is 32.2. The largest absolute Gasteiger partial charge is 0.381 e. The molecule has 7 nitrogen and oxygen atoms in total. The van der Waals surface area contributed by atoms with E-state index in [1.54, 1.807) is 24.2 Å². The molecule has 0 bridgehead atoms. The summed E-state index contributed by atoms with van der Waals surface area (Å²) in [5.74, 6) is 0.744. The molecule has 1 unspecified atom stereocenters. The van der Waals surface area contributed by atoms with Gasteiger partial charge >= 0.3 is 0 Å². The molecule has 0 amide bonds. The molecule has 27 heavy (non-hydrogen) atoms. The molecule has 138 valence electrons. The van der Waals surface area contributed by atoms with Crippen LogP contribution in [0.2, 0.25) is 0 Å². The summed E-state index contributed by atoms with van der Waals surface area (Å²) in [5.41, 5.74) is 3.28. The van der Waals surface area contributed by atoms with Crippen molar-refractivity contribution >= 4 is 33.7 Å². The number of aromatic nitrogens is 4. The highest BCUT2D eigenvalue weighted by molar-refractivity contribution is 8.14. The Labute approximate surface area is 159 Å². The number of aromatic amines is 1. The number of thioether (sulfide) groups is 1. The molecule has 1 fully saturated rings. The molecule has 1 N–H and O–H groups in total. The third-order valence-electron chi connectivity index (χ3n) is 5.12. The van der Waals surface area contributed by atoms with E-state index < -0.39 is 0 Å². The third-order valence-corrected chi connectivity index (χ3v) is 6.28. The van der Waals surface area contributed by atoms with Crippen LogP contribution in [-0.4, -0.2) is 38.0 Å². The van der Waals surface area contributed by atoms with E-state index in [1.807, 2.05) is 29.8 Å². The van der Waals surface area contributed by atoms with Gasteiger partial charge in [0.25, 0.3) is 5.56 Å². The van der Waals surface area contributed by atoms with Crippen LogP contribution in [0.3, 0.4) is 0 Å². The van der Waals surface area contributed by atoms with Crippen molar-refractivity contribution in [3.63, 3.8) is 0 Å². The van der Waals surface area contributed by atoms with E-state index in [0.29, 0.717) is 18.8 Å². The Morgan fingerprint density at radius 1 is 1.22 bits per heavy atom. The lowest BCUT2D eigenvalue weighted by Crippen LogP contribution is -2.21. The molecule has 0 radical (unpaired) electrons. The topological polar surface area (TPSA) is 85.2 Å². The Hall–Kier alpha value is -2.45. The van der Waals surface area contributed by atoms with Crippen LogP contribution in [0.1, 0.15) is 42.2 Å². The van der Waals surface area contributed by atoms with Gasteiger partial charge < -0.3 is 4.74 Å². The van der Waals surface area contributed by atoms with Gasteiger partial charge in [0.2, 0.25) is 0 Å². The number of para-hydroxylation sites is 1. The van der Waals surface area contributed by atoms with Crippen LogP contribution in [0, 0.1) is 0 Å². The number of nitrogens with zero attached hydrogens (tertiary/aromatic N) is 4. The van der Waals surface area contributed by atoms with Gasteiger partial charge in [0.05, 0.1) is 32.9 Å². The Bertz CT molecular complexity index is 1090. The van der Waals surface area contributed by atoms with Crippen molar-refractivity contribution in [3.8, 4) is 0 Å². The summed E-state index contributed by atoms with van der Waals surface area (Å²) in [6, 6.07) is 6.15. The summed E-state index contributed by atoms with van der Waals surface area (Å²) < 4.78 is 7.42. The van der Waals surface area contributed by atoms with Crippen LogP contribution in [0.25, 0.3) is 11.0 Å². The van der Waals surface area contributed by atoms with Crippen LogP contribution in [0.15, 0.2) is 40.4 Å². The highest BCUT2D eigenvalue weighted by Crippen LogP contribution is 2.45. The van der Waals surface area contributed by atoms with E-state index in [1.165, 1.54) is 0 Å². The predicted molar refractivity (Wildman–Crippen MR) is 106 cm³/mol. The molecule has 0 spiro atoms. The Morgan fingerprint density at radius 3 is 2.89 bits per heavy atom. The molecule has 3 aromatic rings. The van der Waals surface area contributed by atoms with Crippen LogP contribution >= 0.6 is 11.8 Å². The monoisotopic (exact) mass is 381 g/mol. The molecule has 0 aliphatic carbocycles. The number of hydrogen-bond acceptors (Lipinski definition) is 6. The van der Waals surface area contributed by atoms with Crippen LogP contribution in [0.4, 0.5) is 5.82 Å². The first kappa shape index (κ1) is 16.7. The van der Waals surface area contributed by atoms with Crippen molar-refractivity contribution in [2.24, 2.45) is 4.99 Å². The first-order valence-corrected chi connectivity index (χ1v) is 9.94. The Kier molecular flexibility index (Phi) is 4.09. The first-order valence-electron chi connectivity index (χ1n) is 9.06. The highest BCUT2D eigenvalue weighted by Gasteiger charge is 2.33. The third kappa shape index (κ3) is 2.80. The summed E-state index contributed by atoms with van der Waals surface area (Å²) in [6.45, 7) is 3.40. The number of hydrogen-bond donors (Lipinski definition) is 1. The average molecular weight is 381 g/mol. The summed E-state index contributed by atoms with van der Waals surface area (Å²) in [6.07, 6.45) is 5.14. The van der Waals surface area contributed by atoms with Gasteiger partial charge in [0.1, 0.15) is 0 Å².